The fourth-order valence-corrected chi connectivity index (χ4v) is 4.75. The molecule has 4 heteroatoms. The average Bonchev–Trinajstić information content (AvgIpc) is 2.38. The van der Waals surface area contributed by atoms with E-state index in [0.29, 0.717) is 29.8 Å². The minimum Gasteiger partial charge on any atom is -0.207 e. The van der Waals surface area contributed by atoms with Gasteiger partial charge in [0.1, 0.15) is 0 Å². The molecule has 0 amide bonds. The van der Waals surface area contributed by atoms with Crippen molar-refractivity contribution in [2.45, 2.75) is 44.9 Å². The number of rotatable bonds is 4. The maximum atomic E-state index is 12.7. The zero-order valence-electron chi connectivity index (χ0n) is 12.7. The van der Waals surface area contributed by atoms with Crippen LogP contribution >= 0.6 is 0 Å². The van der Waals surface area contributed by atoms with Crippen LogP contribution in [0.4, 0.5) is 0 Å². The lowest BCUT2D eigenvalue weighted by Crippen LogP contribution is -2.42. The summed E-state index contributed by atoms with van der Waals surface area (Å²) in [6.07, 6.45) is 3.19. The van der Waals surface area contributed by atoms with E-state index in [9.17, 15) is 8.42 Å². The second-order valence-corrected chi connectivity index (χ2v) is 8.10. The van der Waals surface area contributed by atoms with E-state index in [1.807, 2.05) is 12.1 Å². The highest BCUT2D eigenvalue weighted by Gasteiger charge is 2.31. The van der Waals surface area contributed by atoms with Gasteiger partial charge in [-0.1, -0.05) is 39.3 Å². The van der Waals surface area contributed by atoms with Crippen molar-refractivity contribution in [3.63, 3.8) is 0 Å². The van der Waals surface area contributed by atoms with Crippen molar-refractivity contribution in [1.82, 2.24) is 4.31 Å². The van der Waals surface area contributed by atoms with E-state index >= 15 is 0 Å². The maximum Gasteiger partial charge on any atom is 0.243 e. The largest absolute Gasteiger partial charge is 0.243 e. The van der Waals surface area contributed by atoms with Crippen LogP contribution in [-0.2, 0) is 16.4 Å². The minimum absolute atomic E-state index is 0.429. The fraction of sp³-hybridized carbons (Fsp3) is 0.625. The van der Waals surface area contributed by atoms with Gasteiger partial charge in [0, 0.05) is 13.1 Å². The smallest absolute Gasteiger partial charge is 0.207 e. The molecule has 0 N–H and O–H groups in total. The van der Waals surface area contributed by atoms with Crippen molar-refractivity contribution < 1.29 is 8.42 Å². The molecule has 2 atom stereocenters. The molecule has 2 rings (SSSR count). The van der Waals surface area contributed by atoms with E-state index in [4.69, 9.17) is 0 Å². The van der Waals surface area contributed by atoms with Crippen LogP contribution in [0.25, 0.3) is 0 Å². The molecule has 1 aromatic rings. The second kappa shape index (κ2) is 6.27. The van der Waals surface area contributed by atoms with E-state index in [2.05, 4.69) is 20.8 Å². The van der Waals surface area contributed by atoms with Gasteiger partial charge < -0.3 is 0 Å². The summed E-state index contributed by atoms with van der Waals surface area (Å²) in [5.41, 5.74) is 1.20. The summed E-state index contributed by atoms with van der Waals surface area (Å²) < 4.78 is 27.0. The lowest BCUT2D eigenvalue weighted by atomic mass is 9.94. The van der Waals surface area contributed by atoms with Crippen LogP contribution in [0.15, 0.2) is 29.2 Å². The molecule has 0 aliphatic carbocycles. The second-order valence-electron chi connectivity index (χ2n) is 6.16. The van der Waals surface area contributed by atoms with Crippen LogP contribution in [0.1, 0.15) is 39.2 Å². The minimum atomic E-state index is -3.33. The molecule has 3 nitrogen and oxygen atoms in total. The first-order chi connectivity index (χ1) is 9.43. The van der Waals surface area contributed by atoms with Crippen molar-refractivity contribution in [3.05, 3.63) is 29.8 Å². The molecular formula is C16H25NO2S. The Bertz CT molecular complexity index is 526. The predicted octanol–water partition coefficient (Wildman–Crippen LogP) is 3.31. The van der Waals surface area contributed by atoms with Crippen LogP contribution in [-0.4, -0.2) is 25.8 Å². The zero-order chi connectivity index (χ0) is 14.8. The molecule has 1 aliphatic heterocycles. The van der Waals surface area contributed by atoms with Gasteiger partial charge in [-0.15, -0.1) is 0 Å². The van der Waals surface area contributed by atoms with Gasteiger partial charge >= 0.3 is 0 Å². The first kappa shape index (κ1) is 15.5. The molecule has 0 spiro atoms. The van der Waals surface area contributed by atoms with Crippen LogP contribution in [0.5, 0.6) is 0 Å². The molecule has 2 unspecified atom stereocenters. The summed E-state index contributed by atoms with van der Waals surface area (Å²) in [5.74, 6) is 0.876. The van der Waals surface area contributed by atoms with E-state index in [-0.39, 0.29) is 0 Å². The highest BCUT2D eigenvalue weighted by molar-refractivity contribution is 7.89. The van der Waals surface area contributed by atoms with Gasteiger partial charge in [0.05, 0.1) is 4.90 Å². The Morgan fingerprint density at radius 3 is 2.15 bits per heavy atom. The summed E-state index contributed by atoms with van der Waals surface area (Å²) in [6.45, 7) is 7.67. The Kier molecular flexibility index (Phi) is 4.86. The van der Waals surface area contributed by atoms with Gasteiger partial charge in [-0.2, -0.15) is 4.31 Å². The highest BCUT2D eigenvalue weighted by Crippen LogP contribution is 2.26. The molecule has 0 saturated carbocycles. The number of sulfonamides is 1. The van der Waals surface area contributed by atoms with Gasteiger partial charge in [0.15, 0.2) is 0 Å². The topological polar surface area (TPSA) is 37.4 Å². The van der Waals surface area contributed by atoms with E-state index in [1.54, 1.807) is 16.4 Å². The molecule has 0 aromatic heterocycles. The number of hydrogen-bond acceptors (Lipinski definition) is 2. The zero-order valence-corrected chi connectivity index (χ0v) is 13.5. The third-order valence-electron chi connectivity index (χ3n) is 3.94. The van der Waals surface area contributed by atoms with Crippen LogP contribution in [0, 0.1) is 11.8 Å². The number of benzene rings is 1. The molecule has 1 saturated heterocycles. The van der Waals surface area contributed by atoms with Crippen molar-refractivity contribution in [2.24, 2.45) is 11.8 Å². The molecule has 112 valence electrons. The highest BCUT2D eigenvalue weighted by atomic mass is 32.2. The molecule has 20 heavy (non-hydrogen) atoms. The third kappa shape index (κ3) is 3.41. The number of nitrogens with zero attached hydrogens (tertiary/aromatic N) is 1. The standard InChI is InChI=1S/C16H25NO2S/c1-4-5-15-6-8-16(9-7-15)20(18,19)17-11-13(2)10-14(3)12-17/h6-9,13-14H,4-5,10-12H2,1-3H3. The Hall–Kier alpha value is -0.870. The fourth-order valence-electron chi connectivity index (χ4n) is 3.07. The SMILES string of the molecule is CCCc1ccc(S(=O)(=O)N2CC(C)CC(C)C2)cc1. The summed E-state index contributed by atoms with van der Waals surface area (Å²) in [4.78, 5) is 0.429. The Morgan fingerprint density at radius 2 is 1.65 bits per heavy atom. The summed E-state index contributed by atoms with van der Waals surface area (Å²) in [5, 5.41) is 0. The monoisotopic (exact) mass is 295 g/mol. The van der Waals surface area contributed by atoms with Crippen LogP contribution in [0.3, 0.4) is 0 Å². The molecule has 1 aliphatic rings. The first-order valence-electron chi connectivity index (χ1n) is 7.52. The van der Waals surface area contributed by atoms with E-state index < -0.39 is 10.0 Å². The maximum absolute atomic E-state index is 12.7. The van der Waals surface area contributed by atoms with Crippen molar-refractivity contribution >= 4 is 10.0 Å². The molecular weight excluding hydrogens is 270 g/mol. The van der Waals surface area contributed by atoms with Gasteiger partial charge in [-0.3, -0.25) is 0 Å². The number of hydrogen-bond donors (Lipinski definition) is 0. The summed E-state index contributed by atoms with van der Waals surface area (Å²) in [7, 11) is -3.33. The number of piperidine rings is 1. The normalized spacial score (nSPS) is 24.8. The first-order valence-corrected chi connectivity index (χ1v) is 8.96. The van der Waals surface area contributed by atoms with Gasteiger partial charge in [0.2, 0.25) is 10.0 Å². The van der Waals surface area contributed by atoms with E-state index in [1.165, 1.54) is 5.56 Å². The van der Waals surface area contributed by atoms with Crippen LogP contribution in [0.2, 0.25) is 0 Å². The molecule has 1 aromatic carbocycles. The van der Waals surface area contributed by atoms with Crippen molar-refractivity contribution in [2.75, 3.05) is 13.1 Å². The van der Waals surface area contributed by atoms with Crippen LogP contribution < -0.4 is 0 Å². The summed E-state index contributed by atoms with van der Waals surface area (Å²) in [6, 6.07) is 7.38. The van der Waals surface area contributed by atoms with Crippen molar-refractivity contribution in [1.29, 1.82) is 0 Å². The van der Waals surface area contributed by atoms with Gasteiger partial charge in [-0.05, 0) is 42.4 Å². The van der Waals surface area contributed by atoms with Gasteiger partial charge in [0.25, 0.3) is 0 Å². The third-order valence-corrected chi connectivity index (χ3v) is 5.78. The van der Waals surface area contributed by atoms with E-state index in [0.717, 1.165) is 19.3 Å². The summed E-state index contributed by atoms with van der Waals surface area (Å²) >= 11 is 0. The number of aryl methyl sites for hydroxylation is 1. The Morgan fingerprint density at radius 1 is 1.10 bits per heavy atom. The molecule has 1 heterocycles. The average molecular weight is 295 g/mol. The quantitative estimate of drug-likeness (QED) is 0.854. The predicted molar refractivity (Wildman–Crippen MR) is 82.1 cm³/mol. The lowest BCUT2D eigenvalue weighted by molar-refractivity contribution is 0.222. The molecule has 0 radical (unpaired) electrons. The lowest BCUT2D eigenvalue weighted by Gasteiger charge is -2.34. The molecule has 0 bridgehead atoms. The van der Waals surface area contributed by atoms with Crippen molar-refractivity contribution in [3.8, 4) is 0 Å². The van der Waals surface area contributed by atoms with Gasteiger partial charge in [-0.25, -0.2) is 8.42 Å². The Balaban J connectivity index is 2.21. The Labute approximate surface area is 123 Å². The molecule has 1 fully saturated rings.